The molecule has 0 aliphatic carbocycles. The summed E-state index contributed by atoms with van der Waals surface area (Å²) in [5.41, 5.74) is 5.31. The van der Waals surface area contributed by atoms with E-state index in [1.54, 1.807) is 18.5 Å². The second-order valence-electron chi connectivity index (χ2n) is 4.02. The van der Waals surface area contributed by atoms with Crippen LogP contribution in [0.3, 0.4) is 0 Å². The van der Waals surface area contributed by atoms with E-state index in [1.165, 1.54) is 19.6 Å². The van der Waals surface area contributed by atoms with Gasteiger partial charge in [0.25, 0.3) is 10.0 Å². The molecule has 3 N–H and O–H groups in total. The molecule has 1 aromatic heterocycles. The van der Waals surface area contributed by atoms with E-state index >= 15 is 0 Å². The lowest BCUT2D eigenvalue weighted by atomic mass is 10.2. The second-order valence-corrected chi connectivity index (χ2v) is 6.01. The van der Waals surface area contributed by atoms with Crippen LogP contribution >= 0.6 is 0 Å². The van der Waals surface area contributed by atoms with Crippen molar-refractivity contribution in [3.8, 4) is 0 Å². The maximum atomic E-state index is 12.0. The number of nitrogens with one attached hydrogen (secondary N) is 1. The van der Waals surface area contributed by atoms with Crippen molar-refractivity contribution in [3.05, 3.63) is 12.5 Å². The lowest BCUT2D eigenvalue weighted by molar-refractivity contribution is 0.441. The Morgan fingerprint density at radius 2 is 2.29 bits per heavy atom. The van der Waals surface area contributed by atoms with E-state index in [4.69, 9.17) is 11.1 Å². The summed E-state index contributed by atoms with van der Waals surface area (Å²) < 4.78 is 26.8. The molecule has 17 heavy (non-hydrogen) atoms. The first-order valence-electron chi connectivity index (χ1n) is 5.03. The molecule has 0 aromatic carbocycles. The first-order chi connectivity index (χ1) is 7.75. The number of rotatable bonds is 5. The Hall–Kier alpha value is -1.41. The summed E-state index contributed by atoms with van der Waals surface area (Å²) >= 11 is 0. The van der Waals surface area contributed by atoms with Crippen LogP contribution in [0.4, 0.5) is 0 Å². The van der Waals surface area contributed by atoms with Crippen LogP contribution in [0.5, 0.6) is 0 Å². The summed E-state index contributed by atoms with van der Waals surface area (Å²) in [6.45, 7) is 1.86. The number of nitrogens with zero attached hydrogens (tertiary/aromatic N) is 3. The largest absolute Gasteiger partial charge is 0.387 e. The van der Waals surface area contributed by atoms with Crippen molar-refractivity contribution in [1.29, 1.82) is 5.41 Å². The molecule has 0 aliphatic rings. The molecule has 0 bridgehead atoms. The molecule has 1 rings (SSSR count). The van der Waals surface area contributed by atoms with Crippen molar-refractivity contribution >= 4 is 15.9 Å². The van der Waals surface area contributed by atoms with Gasteiger partial charge in [-0.25, -0.2) is 13.4 Å². The number of hydrogen-bond acceptors (Lipinski definition) is 4. The number of nitrogens with two attached hydrogens (primary N) is 1. The fourth-order valence-corrected chi connectivity index (χ4v) is 2.48. The molecule has 0 radical (unpaired) electrons. The average Bonchev–Trinajstić information content (AvgIpc) is 2.64. The predicted molar refractivity (Wildman–Crippen MR) is 64.1 cm³/mol. The number of amidine groups is 1. The number of hydrogen-bond donors (Lipinski definition) is 2. The van der Waals surface area contributed by atoms with Gasteiger partial charge in [-0.15, -0.1) is 0 Å². The standard InChI is InChI=1S/C9H17N5O2S/c1-7(9(10)11)4-14(3)17(15,16)8-5-13(2)6-12-8/h5-7H,4H2,1-3H3,(H3,10,11). The molecule has 96 valence electrons. The molecule has 0 spiro atoms. The van der Waals surface area contributed by atoms with E-state index < -0.39 is 10.0 Å². The molecule has 0 aliphatic heterocycles. The molecule has 0 saturated heterocycles. The quantitative estimate of drug-likeness (QED) is 0.555. The van der Waals surface area contributed by atoms with Gasteiger partial charge in [-0.2, -0.15) is 4.31 Å². The molecule has 0 saturated carbocycles. The lowest BCUT2D eigenvalue weighted by Gasteiger charge is -2.19. The second kappa shape index (κ2) is 4.84. The van der Waals surface area contributed by atoms with Gasteiger partial charge in [-0.1, -0.05) is 6.92 Å². The normalized spacial score (nSPS) is 13.9. The fraction of sp³-hybridized carbons (Fsp3) is 0.556. The zero-order chi connectivity index (χ0) is 13.2. The first-order valence-corrected chi connectivity index (χ1v) is 6.47. The molecular weight excluding hydrogens is 242 g/mol. The van der Waals surface area contributed by atoms with Gasteiger partial charge in [-0.3, -0.25) is 5.41 Å². The minimum Gasteiger partial charge on any atom is -0.387 e. The molecular formula is C9H17N5O2S. The Kier molecular flexibility index (Phi) is 3.89. The minimum absolute atomic E-state index is 0.00162. The number of aromatic nitrogens is 2. The summed E-state index contributed by atoms with van der Waals surface area (Å²) in [4.78, 5) is 3.81. The predicted octanol–water partition coefficient (Wildman–Crippen LogP) is -0.387. The summed E-state index contributed by atoms with van der Waals surface area (Å²) in [6, 6.07) is 0. The van der Waals surface area contributed by atoms with Crippen LogP contribution in [-0.4, -0.2) is 41.7 Å². The molecule has 1 atom stereocenters. The van der Waals surface area contributed by atoms with Crippen molar-refractivity contribution in [1.82, 2.24) is 13.9 Å². The third-order valence-electron chi connectivity index (χ3n) is 2.42. The Labute approximate surface area is 101 Å². The van der Waals surface area contributed by atoms with Crippen LogP contribution in [-0.2, 0) is 17.1 Å². The Bertz CT molecular complexity index is 507. The first kappa shape index (κ1) is 13.7. The average molecular weight is 259 g/mol. The van der Waals surface area contributed by atoms with Crippen molar-refractivity contribution in [2.45, 2.75) is 11.9 Å². The van der Waals surface area contributed by atoms with Gasteiger partial charge >= 0.3 is 0 Å². The zero-order valence-corrected chi connectivity index (χ0v) is 10.9. The van der Waals surface area contributed by atoms with Crippen LogP contribution in [0.25, 0.3) is 0 Å². The van der Waals surface area contributed by atoms with Gasteiger partial charge in [0.2, 0.25) is 0 Å². The third-order valence-corrected chi connectivity index (χ3v) is 4.13. The van der Waals surface area contributed by atoms with Crippen molar-refractivity contribution in [2.24, 2.45) is 18.7 Å². The molecule has 0 fully saturated rings. The van der Waals surface area contributed by atoms with E-state index in [-0.39, 0.29) is 23.3 Å². The van der Waals surface area contributed by atoms with Crippen LogP contribution in [0.1, 0.15) is 6.92 Å². The lowest BCUT2D eigenvalue weighted by Crippen LogP contribution is -2.36. The summed E-state index contributed by atoms with van der Waals surface area (Å²) in [7, 11) is -0.451. The Morgan fingerprint density at radius 1 is 1.71 bits per heavy atom. The van der Waals surface area contributed by atoms with Crippen LogP contribution in [0.15, 0.2) is 17.6 Å². The Balaban J connectivity index is 2.88. The molecule has 7 nitrogen and oxygen atoms in total. The van der Waals surface area contributed by atoms with E-state index in [0.717, 1.165) is 4.31 Å². The highest BCUT2D eigenvalue weighted by molar-refractivity contribution is 7.89. The van der Waals surface area contributed by atoms with Gasteiger partial charge in [0, 0.05) is 32.8 Å². The van der Waals surface area contributed by atoms with Crippen LogP contribution in [0, 0.1) is 11.3 Å². The molecule has 1 unspecified atom stereocenters. The van der Waals surface area contributed by atoms with Gasteiger partial charge in [0.15, 0.2) is 5.03 Å². The van der Waals surface area contributed by atoms with E-state index in [1.807, 2.05) is 0 Å². The summed E-state index contributed by atoms with van der Waals surface area (Å²) in [6.07, 6.45) is 2.86. The van der Waals surface area contributed by atoms with Crippen LogP contribution < -0.4 is 5.73 Å². The van der Waals surface area contributed by atoms with Gasteiger partial charge in [0.1, 0.15) is 0 Å². The molecule has 8 heteroatoms. The maximum absolute atomic E-state index is 12.0. The highest BCUT2D eigenvalue weighted by atomic mass is 32.2. The summed E-state index contributed by atoms with van der Waals surface area (Å²) in [5, 5.41) is 7.24. The molecule has 1 aromatic rings. The fourth-order valence-electron chi connectivity index (χ4n) is 1.26. The van der Waals surface area contributed by atoms with Crippen LogP contribution in [0.2, 0.25) is 0 Å². The third kappa shape index (κ3) is 3.04. The molecule has 0 amide bonds. The smallest absolute Gasteiger partial charge is 0.261 e. The highest BCUT2D eigenvalue weighted by Gasteiger charge is 2.25. The topological polar surface area (TPSA) is 105 Å². The minimum atomic E-state index is -3.60. The highest BCUT2D eigenvalue weighted by Crippen LogP contribution is 2.12. The zero-order valence-electron chi connectivity index (χ0n) is 10.1. The van der Waals surface area contributed by atoms with E-state index in [0.29, 0.717) is 0 Å². The van der Waals surface area contributed by atoms with Crippen molar-refractivity contribution in [3.63, 3.8) is 0 Å². The maximum Gasteiger partial charge on any atom is 0.261 e. The van der Waals surface area contributed by atoms with Gasteiger partial charge in [0.05, 0.1) is 12.2 Å². The summed E-state index contributed by atoms with van der Waals surface area (Å²) in [5.74, 6) is -0.355. The monoisotopic (exact) mass is 259 g/mol. The SMILES string of the molecule is CC(CN(C)S(=O)(=O)c1cn(C)cn1)C(=N)N. The van der Waals surface area contributed by atoms with Gasteiger partial charge < -0.3 is 10.3 Å². The number of sulfonamides is 1. The number of imidazole rings is 1. The van der Waals surface area contributed by atoms with E-state index in [9.17, 15) is 8.42 Å². The molecule has 1 heterocycles. The Morgan fingerprint density at radius 3 is 2.71 bits per heavy atom. The van der Waals surface area contributed by atoms with E-state index in [2.05, 4.69) is 4.98 Å². The number of aryl methyl sites for hydroxylation is 1. The van der Waals surface area contributed by atoms with Crippen molar-refractivity contribution < 1.29 is 8.42 Å². The van der Waals surface area contributed by atoms with Crippen molar-refractivity contribution in [2.75, 3.05) is 13.6 Å². The van der Waals surface area contributed by atoms with Gasteiger partial charge in [-0.05, 0) is 0 Å².